The highest BCUT2D eigenvalue weighted by Gasteiger charge is 2.03. The normalized spacial score (nSPS) is 21.0. The summed E-state index contributed by atoms with van der Waals surface area (Å²) in [5.74, 6) is 0. The van der Waals surface area contributed by atoms with Crippen LogP contribution in [0.25, 0.3) is 0 Å². The van der Waals surface area contributed by atoms with E-state index in [1.807, 2.05) is 31.8 Å². The molecule has 1 aliphatic heterocycles. The van der Waals surface area contributed by atoms with Crippen LogP contribution in [-0.4, -0.2) is 23.3 Å². The highest BCUT2D eigenvalue weighted by molar-refractivity contribution is 7.99. The number of hydrogen-bond acceptors (Lipinski definition) is 3. The Bertz CT molecular complexity index is 110. The van der Waals surface area contributed by atoms with Gasteiger partial charge in [-0.05, 0) is 17.7 Å². The molecule has 1 atom stereocenters. The molecule has 0 spiro atoms. The molecular weight excluding hydrogens is 174 g/mol. The summed E-state index contributed by atoms with van der Waals surface area (Å²) < 4.78 is 0. The van der Waals surface area contributed by atoms with Crippen molar-refractivity contribution in [1.82, 2.24) is 5.32 Å². The van der Waals surface area contributed by atoms with E-state index in [9.17, 15) is 0 Å². The maximum Gasteiger partial charge on any atom is 0.0414 e. The lowest BCUT2D eigenvalue weighted by atomic mass is 10.5. The molecular formula is C8H17NS2. The summed E-state index contributed by atoms with van der Waals surface area (Å²) in [7, 11) is 0. The van der Waals surface area contributed by atoms with Crippen LogP contribution in [0.1, 0.15) is 13.8 Å². The van der Waals surface area contributed by atoms with Crippen molar-refractivity contribution in [2.24, 2.45) is 0 Å². The first-order chi connectivity index (χ1) is 5.16. The molecule has 1 rings (SSSR count). The van der Waals surface area contributed by atoms with Gasteiger partial charge in [-0.1, -0.05) is 19.9 Å². The van der Waals surface area contributed by atoms with Crippen molar-refractivity contribution in [1.29, 1.82) is 0 Å². The lowest BCUT2D eigenvalue weighted by Crippen LogP contribution is -2.09. The second-order valence-electron chi connectivity index (χ2n) is 2.64. The predicted octanol–water partition coefficient (Wildman–Crippen LogP) is 2.16. The van der Waals surface area contributed by atoms with Gasteiger partial charge in [-0.25, -0.2) is 0 Å². The Morgan fingerprint density at radius 3 is 2.36 bits per heavy atom. The number of rotatable bonds is 1. The Balaban J connectivity index is 0.000000218. The van der Waals surface area contributed by atoms with Gasteiger partial charge >= 0.3 is 0 Å². The van der Waals surface area contributed by atoms with E-state index in [0.29, 0.717) is 5.25 Å². The Morgan fingerprint density at radius 2 is 2.18 bits per heavy atom. The van der Waals surface area contributed by atoms with Crippen LogP contribution in [0.4, 0.5) is 0 Å². The minimum absolute atomic E-state index is 0.528. The smallest absolute Gasteiger partial charge is 0.0414 e. The first kappa shape index (κ1) is 11.2. The fourth-order valence-electron chi connectivity index (χ4n) is 0.590. The molecule has 0 aliphatic carbocycles. The van der Waals surface area contributed by atoms with Crippen molar-refractivity contribution in [3.8, 4) is 0 Å². The fourth-order valence-corrected chi connectivity index (χ4v) is 1.09. The van der Waals surface area contributed by atoms with Gasteiger partial charge in [-0.2, -0.15) is 24.4 Å². The maximum absolute atomic E-state index is 3.97. The molecule has 1 aliphatic rings. The van der Waals surface area contributed by atoms with E-state index >= 15 is 0 Å². The van der Waals surface area contributed by atoms with Gasteiger partial charge in [0.25, 0.3) is 0 Å². The van der Waals surface area contributed by atoms with Crippen LogP contribution in [0.15, 0.2) is 12.3 Å². The lowest BCUT2D eigenvalue weighted by molar-refractivity contribution is 0.929. The zero-order valence-electron chi connectivity index (χ0n) is 7.37. The third kappa shape index (κ3) is 8.14. The molecule has 11 heavy (non-hydrogen) atoms. The van der Waals surface area contributed by atoms with E-state index in [0.717, 1.165) is 11.8 Å². The predicted molar refractivity (Wildman–Crippen MR) is 58.6 cm³/mol. The second-order valence-corrected chi connectivity index (χ2v) is 4.74. The molecule has 66 valence electrons. The summed E-state index contributed by atoms with van der Waals surface area (Å²) in [6.07, 6.45) is 6.33. The highest BCUT2D eigenvalue weighted by Crippen LogP contribution is 2.09. The number of nitrogens with one attached hydrogen (secondary N) is 1. The van der Waals surface area contributed by atoms with Crippen LogP contribution < -0.4 is 5.32 Å². The van der Waals surface area contributed by atoms with Crippen molar-refractivity contribution in [2.45, 2.75) is 24.3 Å². The number of thiol groups is 1. The van der Waals surface area contributed by atoms with Crippen LogP contribution >= 0.6 is 24.4 Å². The van der Waals surface area contributed by atoms with Crippen LogP contribution in [0, 0.1) is 0 Å². The largest absolute Gasteiger partial charge is 0.390 e. The van der Waals surface area contributed by atoms with Crippen molar-refractivity contribution in [3.63, 3.8) is 0 Å². The van der Waals surface area contributed by atoms with E-state index in [-0.39, 0.29) is 0 Å². The monoisotopic (exact) mass is 191 g/mol. The van der Waals surface area contributed by atoms with Crippen LogP contribution in [0.5, 0.6) is 0 Å². The minimum atomic E-state index is 0.528. The summed E-state index contributed by atoms with van der Waals surface area (Å²) in [6, 6.07) is 0. The number of hydrogen-bond donors (Lipinski definition) is 2. The van der Waals surface area contributed by atoms with Gasteiger partial charge in [-0.15, -0.1) is 0 Å². The first-order valence-corrected chi connectivity index (χ1v) is 5.58. The molecule has 0 amide bonds. The molecule has 1 nitrogen and oxygen atoms in total. The van der Waals surface area contributed by atoms with Crippen molar-refractivity contribution < 1.29 is 0 Å². The van der Waals surface area contributed by atoms with Gasteiger partial charge in [0.1, 0.15) is 0 Å². The van der Waals surface area contributed by atoms with Gasteiger partial charge in [-0.3, -0.25) is 0 Å². The molecule has 0 aromatic rings. The third-order valence-electron chi connectivity index (χ3n) is 1.05. The molecule has 1 N–H and O–H groups in total. The fraction of sp³-hybridized carbons (Fsp3) is 0.750. The van der Waals surface area contributed by atoms with E-state index in [1.54, 1.807) is 0 Å². The Hall–Kier alpha value is 0.240. The van der Waals surface area contributed by atoms with Crippen molar-refractivity contribution in [3.05, 3.63) is 12.3 Å². The van der Waals surface area contributed by atoms with Gasteiger partial charge in [0, 0.05) is 11.8 Å². The SMILES string of the molecule is CC(C)S.CSC1C=CNC1. The lowest BCUT2D eigenvalue weighted by Gasteiger charge is -1.98. The van der Waals surface area contributed by atoms with Crippen LogP contribution in [-0.2, 0) is 0 Å². The molecule has 0 fully saturated rings. The molecule has 3 heteroatoms. The van der Waals surface area contributed by atoms with Gasteiger partial charge in [0.2, 0.25) is 0 Å². The standard InChI is InChI=1S/C5H9NS.C3H8S/c1-7-5-2-3-6-4-5;1-3(2)4/h2-3,5-6H,4H2,1H3;3-4H,1-2H3. The third-order valence-corrected chi connectivity index (χ3v) is 1.98. The van der Waals surface area contributed by atoms with Gasteiger partial charge in [0.05, 0.1) is 0 Å². The van der Waals surface area contributed by atoms with E-state index < -0.39 is 0 Å². The molecule has 0 radical (unpaired) electrons. The summed E-state index contributed by atoms with van der Waals surface area (Å²) in [5, 5.41) is 4.37. The average molecular weight is 191 g/mol. The summed E-state index contributed by atoms with van der Waals surface area (Å²) in [4.78, 5) is 0. The Labute approximate surface area is 79.4 Å². The van der Waals surface area contributed by atoms with Crippen molar-refractivity contribution in [2.75, 3.05) is 12.8 Å². The Kier molecular flexibility index (Phi) is 7.07. The molecule has 0 saturated carbocycles. The highest BCUT2D eigenvalue weighted by atomic mass is 32.2. The van der Waals surface area contributed by atoms with E-state index in [1.165, 1.54) is 0 Å². The summed E-state index contributed by atoms with van der Waals surface area (Å²) in [6.45, 7) is 5.17. The zero-order chi connectivity index (χ0) is 8.69. The number of thioether (sulfide) groups is 1. The van der Waals surface area contributed by atoms with Gasteiger partial charge < -0.3 is 5.32 Å². The summed E-state index contributed by atoms with van der Waals surface area (Å²) in [5.41, 5.74) is 0. The Morgan fingerprint density at radius 1 is 1.64 bits per heavy atom. The minimum Gasteiger partial charge on any atom is -0.390 e. The van der Waals surface area contributed by atoms with Crippen LogP contribution in [0.3, 0.4) is 0 Å². The quantitative estimate of drug-likeness (QED) is 0.616. The molecule has 1 heterocycles. The van der Waals surface area contributed by atoms with Gasteiger partial charge in [0.15, 0.2) is 0 Å². The van der Waals surface area contributed by atoms with Crippen molar-refractivity contribution >= 4 is 24.4 Å². The average Bonchev–Trinajstić information content (AvgIpc) is 2.36. The molecule has 1 unspecified atom stereocenters. The van der Waals surface area contributed by atoms with E-state index in [4.69, 9.17) is 0 Å². The zero-order valence-corrected chi connectivity index (χ0v) is 9.08. The molecule has 0 aromatic heterocycles. The first-order valence-electron chi connectivity index (χ1n) is 3.77. The summed E-state index contributed by atoms with van der Waals surface area (Å²) >= 11 is 5.85. The van der Waals surface area contributed by atoms with E-state index in [2.05, 4.69) is 30.3 Å². The molecule has 0 saturated heterocycles. The molecule has 0 aromatic carbocycles. The van der Waals surface area contributed by atoms with Crippen LogP contribution in [0.2, 0.25) is 0 Å². The topological polar surface area (TPSA) is 12.0 Å². The second kappa shape index (κ2) is 6.92. The molecule has 0 bridgehead atoms. The maximum atomic E-state index is 3.97.